The third-order valence-corrected chi connectivity index (χ3v) is 3.29. The van der Waals surface area contributed by atoms with Crippen LogP contribution in [0.1, 0.15) is 12.0 Å². The Morgan fingerprint density at radius 3 is 2.82 bits per heavy atom. The van der Waals surface area contributed by atoms with Gasteiger partial charge in [0.2, 0.25) is 0 Å². The van der Waals surface area contributed by atoms with Crippen LogP contribution >= 0.6 is 11.6 Å². The number of rotatable bonds is 5. The van der Waals surface area contributed by atoms with Gasteiger partial charge in [-0.05, 0) is 44.1 Å². The van der Waals surface area contributed by atoms with Crippen LogP contribution in [0, 0.1) is 0 Å². The van der Waals surface area contributed by atoms with Crippen molar-refractivity contribution in [3.8, 4) is 5.75 Å². The Kier molecular flexibility index (Phi) is 4.26. The van der Waals surface area contributed by atoms with Gasteiger partial charge >= 0.3 is 0 Å². The van der Waals surface area contributed by atoms with Gasteiger partial charge in [0.15, 0.2) is 0 Å². The molecule has 94 valence electrons. The molecule has 1 aromatic rings. The molecule has 1 aliphatic rings. The first-order valence-electron chi connectivity index (χ1n) is 6.02. The number of hydrogen-bond donors (Lipinski definition) is 1. The summed E-state index contributed by atoms with van der Waals surface area (Å²) in [5.41, 5.74) is 6.71. The maximum absolute atomic E-state index is 6.20. The van der Waals surface area contributed by atoms with E-state index in [1.165, 1.54) is 5.56 Å². The Bertz CT molecular complexity index is 378. The summed E-state index contributed by atoms with van der Waals surface area (Å²) in [4.78, 5) is 2.22. The molecule has 0 aromatic heterocycles. The van der Waals surface area contributed by atoms with Crippen LogP contribution in [0.5, 0.6) is 5.75 Å². The summed E-state index contributed by atoms with van der Waals surface area (Å²) in [7, 11) is 2.08. The van der Waals surface area contributed by atoms with Crippen molar-refractivity contribution in [3.05, 3.63) is 28.8 Å². The number of likely N-dealkylation sites (N-methyl/N-ethyl adjacent to an activating group) is 1. The van der Waals surface area contributed by atoms with Crippen LogP contribution in [-0.4, -0.2) is 37.7 Å². The molecule has 0 amide bonds. The molecule has 3 nitrogen and oxygen atoms in total. The molecule has 0 bridgehead atoms. The van der Waals surface area contributed by atoms with Crippen LogP contribution in [-0.2, 0) is 6.42 Å². The average Bonchev–Trinajstić information content (AvgIpc) is 2.27. The smallest absolute Gasteiger partial charge is 0.138 e. The van der Waals surface area contributed by atoms with Crippen molar-refractivity contribution in [1.29, 1.82) is 0 Å². The van der Waals surface area contributed by atoms with Crippen molar-refractivity contribution >= 4 is 11.6 Å². The first kappa shape index (κ1) is 12.7. The molecule has 0 spiro atoms. The second-order valence-corrected chi connectivity index (χ2v) is 5.03. The molecule has 4 heteroatoms. The van der Waals surface area contributed by atoms with Gasteiger partial charge in [0.05, 0.1) is 5.02 Å². The number of aryl methyl sites for hydroxylation is 1. The summed E-state index contributed by atoms with van der Waals surface area (Å²) in [6, 6.07) is 6.01. The number of halogens is 1. The zero-order valence-corrected chi connectivity index (χ0v) is 10.9. The Labute approximate surface area is 107 Å². The minimum Gasteiger partial charge on any atom is -0.486 e. The number of nitrogens with two attached hydrogens (primary N) is 1. The molecule has 1 aliphatic heterocycles. The normalized spacial score (nSPS) is 16.9. The number of nitrogens with zero attached hydrogens (tertiary/aromatic N) is 1. The predicted octanol–water partition coefficient (Wildman–Crippen LogP) is 1.92. The Hall–Kier alpha value is -0.770. The van der Waals surface area contributed by atoms with Crippen molar-refractivity contribution in [1.82, 2.24) is 4.90 Å². The highest BCUT2D eigenvalue weighted by Crippen LogP contribution is 2.28. The molecule has 1 saturated heterocycles. The molecule has 2 N–H and O–H groups in total. The first-order valence-corrected chi connectivity index (χ1v) is 6.40. The van der Waals surface area contributed by atoms with Crippen molar-refractivity contribution < 1.29 is 4.74 Å². The van der Waals surface area contributed by atoms with Crippen LogP contribution in [0.15, 0.2) is 18.2 Å². The van der Waals surface area contributed by atoms with Gasteiger partial charge in [0.25, 0.3) is 0 Å². The Morgan fingerprint density at radius 1 is 1.47 bits per heavy atom. The van der Waals surface area contributed by atoms with Gasteiger partial charge in [-0.1, -0.05) is 17.7 Å². The molecular formula is C13H19ClN2O. The molecule has 1 aromatic carbocycles. The van der Waals surface area contributed by atoms with E-state index in [1.807, 2.05) is 12.1 Å². The monoisotopic (exact) mass is 254 g/mol. The van der Waals surface area contributed by atoms with E-state index in [0.717, 1.165) is 31.7 Å². The summed E-state index contributed by atoms with van der Waals surface area (Å²) in [5, 5.41) is 0.703. The van der Waals surface area contributed by atoms with Crippen molar-refractivity contribution in [2.75, 3.05) is 26.7 Å². The Morgan fingerprint density at radius 2 is 2.24 bits per heavy atom. The van der Waals surface area contributed by atoms with Crippen molar-refractivity contribution in [2.24, 2.45) is 5.73 Å². The maximum Gasteiger partial charge on any atom is 0.138 e. The molecule has 0 atom stereocenters. The molecule has 0 saturated carbocycles. The molecule has 1 heterocycles. The van der Waals surface area contributed by atoms with E-state index in [2.05, 4.69) is 18.0 Å². The summed E-state index contributed by atoms with van der Waals surface area (Å²) in [5.74, 6) is 0.793. The second-order valence-electron chi connectivity index (χ2n) is 4.62. The molecule has 17 heavy (non-hydrogen) atoms. The quantitative estimate of drug-likeness (QED) is 0.873. The molecule has 2 rings (SSSR count). The lowest BCUT2D eigenvalue weighted by Gasteiger charge is -2.36. The highest BCUT2D eigenvalue weighted by molar-refractivity contribution is 6.32. The fourth-order valence-corrected chi connectivity index (χ4v) is 2.25. The van der Waals surface area contributed by atoms with Gasteiger partial charge in [-0.25, -0.2) is 0 Å². The fourth-order valence-electron chi connectivity index (χ4n) is 2.00. The van der Waals surface area contributed by atoms with E-state index >= 15 is 0 Å². The van der Waals surface area contributed by atoms with E-state index in [-0.39, 0.29) is 6.10 Å². The van der Waals surface area contributed by atoms with Gasteiger partial charge < -0.3 is 10.5 Å². The zero-order chi connectivity index (χ0) is 12.3. The third-order valence-electron chi connectivity index (χ3n) is 2.99. The Balaban J connectivity index is 1.94. The van der Waals surface area contributed by atoms with Gasteiger partial charge in [0.1, 0.15) is 11.9 Å². The summed E-state index contributed by atoms with van der Waals surface area (Å²) >= 11 is 6.20. The highest BCUT2D eigenvalue weighted by Gasteiger charge is 2.25. The van der Waals surface area contributed by atoms with E-state index in [0.29, 0.717) is 11.6 Å². The summed E-state index contributed by atoms with van der Waals surface area (Å²) < 4.78 is 5.81. The van der Waals surface area contributed by atoms with Crippen molar-refractivity contribution in [2.45, 2.75) is 18.9 Å². The van der Waals surface area contributed by atoms with E-state index in [1.54, 1.807) is 0 Å². The zero-order valence-electron chi connectivity index (χ0n) is 10.2. The van der Waals surface area contributed by atoms with Gasteiger partial charge in [-0.15, -0.1) is 0 Å². The van der Waals surface area contributed by atoms with Crippen LogP contribution in [0.4, 0.5) is 0 Å². The van der Waals surface area contributed by atoms with Crippen molar-refractivity contribution in [3.63, 3.8) is 0 Å². The predicted molar refractivity (Wildman–Crippen MR) is 70.7 cm³/mol. The standard InChI is InChI=1S/C13H19ClN2O/c1-16-8-11(9-16)17-13-5-4-10(3-2-6-15)7-12(13)14/h4-5,7,11H,2-3,6,8-9,15H2,1H3. The summed E-state index contributed by atoms with van der Waals surface area (Å²) in [6.45, 7) is 2.67. The van der Waals surface area contributed by atoms with Gasteiger partial charge in [-0.2, -0.15) is 0 Å². The van der Waals surface area contributed by atoms with E-state index in [4.69, 9.17) is 22.1 Å². The minimum absolute atomic E-state index is 0.285. The lowest BCUT2D eigenvalue weighted by Crippen LogP contribution is -2.51. The minimum atomic E-state index is 0.285. The van der Waals surface area contributed by atoms with Gasteiger partial charge in [0, 0.05) is 13.1 Å². The van der Waals surface area contributed by atoms with E-state index in [9.17, 15) is 0 Å². The number of benzene rings is 1. The first-order chi connectivity index (χ1) is 8.19. The highest BCUT2D eigenvalue weighted by atomic mass is 35.5. The van der Waals surface area contributed by atoms with Gasteiger partial charge in [-0.3, -0.25) is 4.90 Å². The summed E-state index contributed by atoms with van der Waals surface area (Å²) in [6.07, 6.45) is 2.25. The number of likely N-dealkylation sites (tertiary alicyclic amines) is 1. The van der Waals surface area contributed by atoms with Crippen LogP contribution in [0.2, 0.25) is 5.02 Å². The van der Waals surface area contributed by atoms with Crippen LogP contribution in [0.3, 0.4) is 0 Å². The van der Waals surface area contributed by atoms with Crippen LogP contribution in [0.25, 0.3) is 0 Å². The molecule has 0 radical (unpaired) electrons. The molecule has 0 aliphatic carbocycles. The maximum atomic E-state index is 6.20. The van der Waals surface area contributed by atoms with E-state index < -0.39 is 0 Å². The fraction of sp³-hybridized carbons (Fsp3) is 0.538. The number of hydrogen-bond acceptors (Lipinski definition) is 3. The third kappa shape index (κ3) is 3.35. The lowest BCUT2D eigenvalue weighted by molar-refractivity contribution is 0.0389. The lowest BCUT2D eigenvalue weighted by atomic mass is 10.1. The largest absolute Gasteiger partial charge is 0.486 e. The topological polar surface area (TPSA) is 38.5 Å². The molecule has 1 fully saturated rings. The SMILES string of the molecule is CN1CC(Oc2ccc(CCCN)cc2Cl)C1. The van der Waals surface area contributed by atoms with Crippen LogP contribution < -0.4 is 10.5 Å². The second kappa shape index (κ2) is 5.71. The molecule has 0 unspecified atom stereocenters. The molecular weight excluding hydrogens is 236 g/mol. The average molecular weight is 255 g/mol. The number of ether oxygens (including phenoxy) is 1.